The van der Waals surface area contributed by atoms with Crippen molar-refractivity contribution in [1.29, 1.82) is 0 Å². The SMILES string of the molecule is O=[N+](O)c1cccc(CS(=O)(=O)Cl)c1. The van der Waals surface area contributed by atoms with Crippen molar-refractivity contribution in [2.24, 2.45) is 0 Å². The molecular formula is C7H7ClNO4S+. The molecule has 7 heteroatoms. The fourth-order valence-electron chi connectivity index (χ4n) is 0.964. The van der Waals surface area contributed by atoms with E-state index in [9.17, 15) is 13.3 Å². The van der Waals surface area contributed by atoms with Gasteiger partial charge < -0.3 is 0 Å². The Morgan fingerprint density at radius 2 is 2.07 bits per heavy atom. The summed E-state index contributed by atoms with van der Waals surface area (Å²) < 4.78 is 21.4. The minimum atomic E-state index is -3.65. The molecule has 0 aliphatic heterocycles. The Balaban J connectivity index is 3.01. The van der Waals surface area contributed by atoms with Crippen LogP contribution in [0.1, 0.15) is 5.56 Å². The zero-order chi connectivity index (χ0) is 10.8. The molecule has 0 aliphatic rings. The van der Waals surface area contributed by atoms with Crippen molar-refractivity contribution < 1.29 is 18.5 Å². The average molecular weight is 237 g/mol. The highest BCUT2D eigenvalue weighted by Gasteiger charge is 2.14. The van der Waals surface area contributed by atoms with Crippen molar-refractivity contribution in [2.45, 2.75) is 5.75 Å². The second-order valence-electron chi connectivity index (χ2n) is 2.63. The molecule has 0 fully saturated rings. The molecule has 0 aromatic heterocycles. The van der Waals surface area contributed by atoms with E-state index in [1.807, 2.05) is 0 Å². The molecule has 0 saturated heterocycles. The van der Waals surface area contributed by atoms with E-state index < -0.39 is 9.05 Å². The summed E-state index contributed by atoms with van der Waals surface area (Å²) in [6.45, 7) is 0. The highest BCUT2D eigenvalue weighted by atomic mass is 35.7. The Hall–Kier alpha value is -1.14. The zero-order valence-electron chi connectivity index (χ0n) is 6.92. The first-order valence-electron chi connectivity index (χ1n) is 3.56. The topological polar surface area (TPSA) is 74.5 Å². The maximum absolute atomic E-state index is 10.7. The summed E-state index contributed by atoms with van der Waals surface area (Å²) in [5.74, 6) is -0.379. The van der Waals surface area contributed by atoms with Gasteiger partial charge >= 0.3 is 5.69 Å². The van der Waals surface area contributed by atoms with E-state index in [1.54, 1.807) is 0 Å². The molecule has 0 amide bonds. The lowest BCUT2D eigenvalue weighted by atomic mass is 10.2. The third-order valence-corrected chi connectivity index (χ3v) is 2.48. The Bertz CT molecular complexity index is 457. The summed E-state index contributed by atoms with van der Waals surface area (Å²) in [7, 11) is 1.37. The maximum Gasteiger partial charge on any atom is 0.316 e. The molecule has 1 aromatic carbocycles. The molecule has 0 spiro atoms. The van der Waals surface area contributed by atoms with Gasteiger partial charge in [-0.25, -0.2) is 13.6 Å². The van der Waals surface area contributed by atoms with Crippen LogP contribution in [0, 0.1) is 4.91 Å². The van der Waals surface area contributed by atoms with Crippen LogP contribution in [0.5, 0.6) is 0 Å². The molecule has 0 saturated carbocycles. The second-order valence-corrected chi connectivity index (χ2v) is 5.40. The lowest BCUT2D eigenvalue weighted by Gasteiger charge is -1.95. The Labute approximate surface area is 84.9 Å². The largest absolute Gasteiger partial charge is 0.316 e. The maximum atomic E-state index is 10.7. The quantitative estimate of drug-likeness (QED) is 0.638. The highest BCUT2D eigenvalue weighted by molar-refractivity contribution is 8.13. The summed E-state index contributed by atoms with van der Waals surface area (Å²) in [5, 5.41) is 8.54. The molecule has 0 aliphatic carbocycles. The van der Waals surface area contributed by atoms with Crippen LogP contribution < -0.4 is 0 Å². The van der Waals surface area contributed by atoms with Gasteiger partial charge in [0.2, 0.25) is 9.05 Å². The summed E-state index contributed by atoms with van der Waals surface area (Å²) in [4.78, 5) is 10.1. The molecule has 0 atom stereocenters. The molecule has 1 rings (SSSR count). The first kappa shape index (κ1) is 10.9. The van der Waals surface area contributed by atoms with Crippen molar-refractivity contribution in [3.63, 3.8) is 0 Å². The van der Waals surface area contributed by atoms with Crippen LogP contribution in [0.3, 0.4) is 0 Å². The summed E-state index contributed by atoms with van der Waals surface area (Å²) in [5.41, 5.74) is 0.301. The average Bonchev–Trinajstić information content (AvgIpc) is 2.01. The lowest BCUT2D eigenvalue weighted by Crippen LogP contribution is -1.97. The summed E-state index contributed by atoms with van der Waals surface area (Å²) in [6.07, 6.45) is 0. The van der Waals surface area contributed by atoms with Gasteiger partial charge in [-0.3, -0.25) is 0 Å². The van der Waals surface area contributed by atoms with Gasteiger partial charge in [0.15, 0.2) is 0 Å². The summed E-state index contributed by atoms with van der Waals surface area (Å²) >= 11 is 0. The minimum absolute atomic E-state index is 0.0391. The smallest absolute Gasteiger partial charge is 0.241 e. The molecule has 0 radical (unpaired) electrons. The fourth-order valence-corrected chi connectivity index (χ4v) is 1.92. The predicted octanol–water partition coefficient (Wildman–Crippen LogP) is 1.55. The Morgan fingerprint density at radius 3 is 2.57 bits per heavy atom. The van der Waals surface area contributed by atoms with Gasteiger partial charge in [0.25, 0.3) is 4.92 Å². The fraction of sp³-hybridized carbons (Fsp3) is 0.143. The third kappa shape index (κ3) is 3.31. The van der Waals surface area contributed by atoms with Gasteiger partial charge in [0, 0.05) is 22.8 Å². The van der Waals surface area contributed by atoms with E-state index in [0.29, 0.717) is 5.56 Å². The molecule has 0 heterocycles. The van der Waals surface area contributed by atoms with Crippen molar-refractivity contribution in [2.75, 3.05) is 0 Å². The lowest BCUT2D eigenvalue weighted by molar-refractivity contribution is -0.729. The Morgan fingerprint density at radius 1 is 1.43 bits per heavy atom. The molecule has 0 bridgehead atoms. The first-order chi connectivity index (χ1) is 6.38. The summed E-state index contributed by atoms with van der Waals surface area (Å²) in [6, 6.07) is 5.53. The van der Waals surface area contributed by atoms with Crippen LogP contribution in [0.25, 0.3) is 0 Å². The number of hydrogen-bond acceptors (Lipinski definition) is 3. The highest BCUT2D eigenvalue weighted by Crippen LogP contribution is 2.16. The number of rotatable bonds is 3. The Kier molecular flexibility index (Phi) is 3.07. The number of benzene rings is 1. The predicted molar refractivity (Wildman–Crippen MR) is 50.0 cm³/mol. The van der Waals surface area contributed by atoms with Gasteiger partial charge in [0.05, 0.1) is 10.7 Å². The molecule has 0 unspecified atom stereocenters. The van der Waals surface area contributed by atoms with Crippen LogP contribution in [0.4, 0.5) is 5.69 Å². The third-order valence-electron chi connectivity index (χ3n) is 1.47. The van der Waals surface area contributed by atoms with E-state index >= 15 is 0 Å². The van der Waals surface area contributed by atoms with Gasteiger partial charge in [-0.2, -0.15) is 0 Å². The molecular weight excluding hydrogens is 230 g/mol. The van der Waals surface area contributed by atoms with Crippen LogP contribution >= 0.6 is 10.7 Å². The van der Waals surface area contributed by atoms with Crippen LogP contribution in [-0.4, -0.2) is 18.5 Å². The molecule has 1 N–H and O–H groups in total. The van der Waals surface area contributed by atoms with Gasteiger partial charge in [-0.1, -0.05) is 12.1 Å². The van der Waals surface area contributed by atoms with Crippen LogP contribution in [0.2, 0.25) is 0 Å². The van der Waals surface area contributed by atoms with Crippen LogP contribution in [0.15, 0.2) is 24.3 Å². The van der Waals surface area contributed by atoms with Crippen molar-refractivity contribution >= 4 is 25.4 Å². The standard InChI is InChI=1S/C7H7ClNO4S/c8-14(12,13)5-6-2-1-3-7(4-6)9(10)11/h1-4H,5H2,(H,10,11)/q+1. The van der Waals surface area contributed by atoms with E-state index in [0.717, 1.165) is 0 Å². The minimum Gasteiger partial charge on any atom is -0.241 e. The van der Waals surface area contributed by atoms with Gasteiger partial charge in [-0.05, 0) is 5.56 Å². The van der Waals surface area contributed by atoms with E-state index in [1.165, 1.54) is 24.3 Å². The number of halogens is 1. The normalized spacial score (nSPS) is 11.2. The van der Waals surface area contributed by atoms with Crippen molar-refractivity contribution in [3.8, 4) is 0 Å². The monoisotopic (exact) mass is 236 g/mol. The second kappa shape index (κ2) is 3.93. The van der Waals surface area contributed by atoms with E-state index in [4.69, 9.17) is 15.9 Å². The molecule has 1 aromatic rings. The van der Waals surface area contributed by atoms with Gasteiger partial charge in [0.1, 0.15) is 0 Å². The zero-order valence-corrected chi connectivity index (χ0v) is 8.49. The number of hydrogen-bond donors (Lipinski definition) is 1. The van der Waals surface area contributed by atoms with Crippen molar-refractivity contribution in [3.05, 3.63) is 34.7 Å². The van der Waals surface area contributed by atoms with Crippen LogP contribution in [-0.2, 0) is 14.8 Å². The van der Waals surface area contributed by atoms with Gasteiger partial charge in [-0.15, -0.1) is 0 Å². The molecule has 76 valence electrons. The first-order valence-corrected chi connectivity index (χ1v) is 6.04. The van der Waals surface area contributed by atoms with Crippen molar-refractivity contribution in [1.82, 2.24) is 0 Å². The van der Waals surface area contributed by atoms with E-state index in [-0.39, 0.29) is 16.4 Å². The molecule has 5 nitrogen and oxygen atoms in total. The van der Waals surface area contributed by atoms with E-state index in [2.05, 4.69) is 0 Å². The molecule has 14 heavy (non-hydrogen) atoms. The number of nitrogens with zero attached hydrogens (tertiary/aromatic N) is 1.